The third-order valence-electron chi connectivity index (χ3n) is 5.48. The maximum absolute atomic E-state index is 13.7. The van der Waals surface area contributed by atoms with Crippen molar-refractivity contribution in [3.63, 3.8) is 0 Å². The van der Waals surface area contributed by atoms with Crippen LogP contribution in [-0.2, 0) is 27.2 Å². The van der Waals surface area contributed by atoms with Gasteiger partial charge in [-0.1, -0.05) is 41.9 Å². The minimum atomic E-state index is -0.527. The molecule has 3 rings (SSSR count). The van der Waals surface area contributed by atoms with Crippen molar-refractivity contribution in [1.29, 1.82) is 0 Å². The average molecular weight is 517 g/mol. The largest absolute Gasteiger partial charge is 0.469 e. The summed E-state index contributed by atoms with van der Waals surface area (Å²) in [5.41, 5.74) is 2.04. The van der Waals surface area contributed by atoms with Crippen LogP contribution in [0.15, 0.2) is 58.3 Å². The molecule has 0 saturated heterocycles. The van der Waals surface area contributed by atoms with Gasteiger partial charge in [-0.15, -0.1) is 0 Å². The van der Waals surface area contributed by atoms with Crippen molar-refractivity contribution in [3.05, 3.63) is 86.5 Å². The molecule has 0 aliphatic rings. The topological polar surface area (TPSA) is 88.9 Å². The van der Waals surface area contributed by atoms with Crippen LogP contribution in [0, 0.1) is 5.82 Å². The van der Waals surface area contributed by atoms with E-state index in [-0.39, 0.29) is 22.7 Å². The Labute approximate surface area is 214 Å². The molecule has 192 valence electrons. The smallest absolute Gasteiger partial charge is 0.311 e. The highest BCUT2D eigenvalue weighted by molar-refractivity contribution is 6.32. The van der Waals surface area contributed by atoms with Crippen molar-refractivity contribution in [2.75, 3.05) is 41.0 Å². The minimum Gasteiger partial charge on any atom is -0.469 e. The summed E-state index contributed by atoms with van der Waals surface area (Å²) in [4.78, 5) is 32.6. The molecular weight excluding hydrogens is 487 g/mol. The van der Waals surface area contributed by atoms with Gasteiger partial charge in [0.05, 0.1) is 41.2 Å². The lowest BCUT2D eigenvalue weighted by Gasteiger charge is -2.18. The SMILES string of the molecule is COCCCN=C(CN(C)Cc1ccccc1)c1c(CC(=O)OC)[nH]n(-c2ccc(F)cc2Cl)c1=O. The van der Waals surface area contributed by atoms with Crippen LogP contribution in [-0.4, -0.2) is 67.3 Å². The van der Waals surface area contributed by atoms with E-state index in [4.69, 9.17) is 26.1 Å². The minimum absolute atomic E-state index is 0.0503. The average Bonchev–Trinajstić information content (AvgIpc) is 3.16. The number of hydrogen-bond acceptors (Lipinski definition) is 6. The Bertz CT molecular complexity index is 1260. The van der Waals surface area contributed by atoms with Crippen molar-refractivity contribution < 1.29 is 18.7 Å². The molecule has 0 aliphatic heterocycles. The number of carbonyl (C=O) groups is 1. The van der Waals surface area contributed by atoms with E-state index in [1.807, 2.05) is 42.3 Å². The number of aromatic amines is 1. The maximum atomic E-state index is 13.7. The number of ether oxygens (including phenoxy) is 2. The predicted molar refractivity (Wildman–Crippen MR) is 138 cm³/mol. The molecule has 0 unspecified atom stereocenters. The molecule has 0 amide bonds. The monoisotopic (exact) mass is 516 g/mol. The predicted octanol–water partition coefficient (Wildman–Crippen LogP) is 3.63. The van der Waals surface area contributed by atoms with Crippen molar-refractivity contribution >= 4 is 23.3 Å². The van der Waals surface area contributed by atoms with Crippen LogP contribution in [0.5, 0.6) is 0 Å². The molecule has 3 aromatic rings. The molecule has 0 atom stereocenters. The van der Waals surface area contributed by atoms with E-state index in [2.05, 4.69) is 5.10 Å². The maximum Gasteiger partial charge on any atom is 0.311 e. The van der Waals surface area contributed by atoms with Gasteiger partial charge in [0.2, 0.25) is 0 Å². The van der Waals surface area contributed by atoms with Crippen molar-refractivity contribution in [2.45, 2.75) is 19.4 Å². The van der Waals surface area contributed by atoms with Gasteiger partial charge in [0.1, 0.15) is 5.82 Å². The first-order valence-electron chi connectivity index (χ1n) is 11.4. The van der Waals surface area contributed by atoms with Gasteiger partial charge in [-0.25, -0.2) is 9.07 Å². The van der Waals surface area contributed by atoms with Gasteiger partial charge in [-0.2, -0.15) is 0 Å². The first-order chi connectivity index (χ1) is 17.3. The van der Waals surface area contributed by atoms with Crippen molar-refractivity contribution in [1.82, 2.24) is 14.7 Å². The fourth-order valence-electron chi connectivity index (χ4n) is 3.79. The fourth-order valence-corrected chi connectivity index (χ4v) is 4.05. The number of H-pyrrole nitrogens is 1. The zero-order valence-corrected chi connectivity index (χ0v) is 21.3. The number of carbonyl (C=O) groups excluding carboxylic acids is 1. The third-order valence-corrected chi connectivity index (χ3v) is 5.78. The molecule has 1 aromatic heterocycles. The van der Waals surface area contributed by atoms with Gasteiger partial charge in [-0.05, 0) is 37.2 Å². The molecule has 0 spiro atoms. The Balaban J connectivity index is 2.06. The Kier molecular flexibility index (Phi) is 9.98. The summed E-state index contributed by atoms with van der Waals surface area (Å²) in [6.07, 6.45) is 0.490. The molecule has 1 N–H and O–H groups in total. The molecule has 0 aliphatic carbocycles. The molecule has 10 heteroatoms. The van der Waals surface area contributed by atoms with E-state index in [0.717, 1.165) is 11.6 Å². The van der Waals surface area contributed by atoms with Crippen LogP contribution in [0.3, 0.4) is 0 Å². The fraction of sp³-hybridized carbons (Fsp3) is 0.346. The standard InChI is InChI=1S/C26H30ClFN4O4/c1-31(16-18-8-5-4-6-9-18)17-22(29-12-7-13-35-2)25-21(15-24(33)36-3)30-32(26(25)34)23-11-10-19(28)14-20(23)27/h4-6,8-11,14,30H,7,12-13,15-17H2,1-3H3. The highest BCUT2D eigenvalue weighted by atomic mass is 35.5. The number of nitrogens with one attached hydrogen (secondary N) is 1. The lowest BCUT2D eigenvalue weighted by Crippen LogP contribution is -2.31. The summed E-state index contributed by atoms with van der Waals surface area (Å²) in [6, 6.07) is 13.7. The molecule has 36 heavy (non-hydrogen) atoms. The molecule has 2 aromatic carbocycles. The molecule has 0 saturated carbocycles. The molecule has 0 radical (unpaired) electrons. The molecular formula is C26H30ClFN4O4. The van der Waals surface area contributed by atoms with E-state index in [9.17, 15) is 14.0 Å². The zero-order chi connectivity index (χ0) is 26.1. The molecule has 8 nitrogen and oxygen atoms in total. The second-order valence-corrected chi connectivity index (χ2v) is 8.69. The summed E-state index contributed by atoms with van der Waals surface area (Å²) in [5, 5.41) is 3.02. The summed E-state index contributed by atoms with van der Waals surface area (Å²) < 4.78 is 24.8. The van der Waals surface area contributed by atoms with Gasteiger partial charge in [0, 0.05) is 33.4 Å². The van der Waals surface area contributed by atoms with Gasteiger partial charge in [0.15, 0.2) is 0 Å². The van der Waals surface area contributed by atoms with Gasteiger partial charge in [-0.3, -0.25) is 24.6 Å². The number of likely N-dealkylation sites (N-methyl/N-ethyl adjacent to an activating group) is 1. The van der Waals surface area contributed by atoms with Crippen LogP contribution in [0.2, 0.25) is 5.02 Å². The first kappa shape index (κ1) is 27.3. The number of aliphatic imine (C=N–C) groups is 1. The van der Waals surface area contributed by atoms with Gasteiger partial charge < -0.3 is 9.47 Å². The number of rotatable bonds is 12. The second-order valence-electron chi connectivity index (χ2n) is 8.29. The highest BCUT2D eigenvalue weighted by Crippen LogP contribution is 2.21. The lowest BCUT2D eigenvalue weighted by atomic mass is 10.1. The third kappa shape index (κ3) is 7.13. The summed E-state index contributed by atoms with van der Waals surface area (Å²) in [7, 11) is 4.82. The van der Waals surface area contributed by atoms with E-state index in [1.165, 1.54) is 23.9 Å². The Hall–Kier alpha value is -3.27. The number of methoxy groups -OCH3 is 2. The summed E-state index contributed by atoms with van der Waals surface area (Å²) >= 11 is 6.24. The number of benzene rings is 2. The second kappa shape index (κ2) is 13.2. The van der Waals surface area contributed by atoms with Crippen LogP contribution >= 0.6 is 11.6 Å². The number of nitrogens with zero attached hydrogens (tertiary/aromatic N) is 3. The molecule has 1 heterocycles. The Morgan fingerprint density at radius 3 is 2.61 bits per heavy atom. The van der Waals surface area contributed by atoms with Gasteiger partial charge >= 0.3 is 5.97 Å². The van der Waals surface area contributed by atoms with Crippen LogP contribution < -0.4 is 5.56 Å². The van der Waals surface area contributed by atoms with Crippen LogP contribution in [0.1, 0.15) is 23.2 Å². The number of hydrogen-bond donors (Lipinski definition) is 1. The van der Waals surface area contributed by atoms with E-state index in [1.54, 1.807) is 7.11 Å². The van der Waals surface area contributed by atoms with Crippen molar-refractivity contribution in [3.8, 4) is 5.69 Å². The number of halogens is 2. The summed E-state index contributed by atoms with van der Waals surface area (Å²) in [6.45, 7) is 1.93. The first-order valence-corrected chi connectivity index (χ1v) is 11.8. The lowest BCUT2D eigenvalue weighted by molar-refractivity contribution is -0.139. The number of esters is 1. The Morgan fingerprint density at radius 1 is 1.19 bits per heavy atom. The zero-order valence-electron chi connectivity index (χ0n) is 20.6. The molecule has 0 bridgehead atoms. The van der Waals surface area contributed by atoms with Crippen LogP contribution in [0.4, 0.5) is 4.39 Å². The quantitative estimate of drug-likeness (QED) is 0.225. The number of aromatic nitrogens is 2. The Morgan fingerprint density at radius 2 is 1.94 bits per heavy atom. The van der Waals surface area contributed by atoms with E-state index in [0.29, 0.717) is 44.1 Å². The normalized spacial score (nSPS) is 11.8. The highest BCUT2D eigenvalue weighted by Gasteiger charge is 2.24. The van der Waals surface area contributed by atoms with E-state index < -0.39 is 17.3 Å². The van der Waals surface area contributed by atoms with Gasteiger partial charge in [0.25, 0.3) is 5.56 Å². The molecule has 0 fully saturated rings. The van der Waals surface area contributed by atoms with Crippen LogP contribution in [0.25, 0.3) is 5.69 Å². The summed E-state index contributed by atoms with van der Waals surface area (Å²) in [5.74, 6) is -1.05. The van der Waals surface area contributed by atoms with Crippen molar-refractivity contribution in [2.24, 2.45) is 4.99 Å². The van der Waals surface area contributed by atoms with E-state index >= 15 is 0 Å².